The van der Waals surface area contributed by atoms with Crippen molar-refractivity contribution in [3.05, 3.63) is 35.1 Å². The van der Waals surface area contributed by atoms with E-state index in [1.165, 1.54) is 0 Å². The fourth-order valence-corrected chi connectivity index (χ4v) is 2.49. The maximum absolute atomic E-state index is 14.5. The molecule has 0 saturated heterocycles. The third-order valence-corrected chi connectivity index (χ3v) is 3.91. The minimum Gasteiger partial charge on any atom is -0.206 e. The van der Waals surface area contributed by atoms with Gasteiger partial charge in [-0.25, -0.2) is 4.39 Å². The summed E-state index contributed by atoms with van der Waals surface area (Å²) in [6.45, 7) is 8.37. The Hall–Kier alpha value is -0.850. The number of hydrogen-bond donors (Lipinski definition) is 0. The number of halogens is 1. The molecular weight excluding hydrogens is 199 g/mol. The second kappa shape index (κ2) is 3.58. The molecule has 0 amide bonds. The van der Waals surface area contributed by atoms with E-state index >= 15 is 0 Å². The molecule has 0 bridgehead atoms. The van der Waals surface area contributed by atoms with Crippen LogP contribution in [0.3, 0.4) is 0 Å². The van der Waals surface area contributed by atoms with Crippen LogP contribution in [0.2, 0.25) is 0 Å². The molecule has 16 heavy (non-hydrogen) atoms. The van der Waals surface area contributed by atoms with E-state index in [1.807, 2.05) is 18.2 Å². The predicted octanol–water partition coefficient (Wildman–Crippen LogP) is 4.56. The molecule has 1 fully saturated rings. The molecule has 2 rings (SSSR count). The Balaban J connectivity index is 2.50. The first-order valence-electron chi connectivity index (χ1n) is 6.20. The summed E-state index contributed by atoms with van der Waals surface area (Å²) in [5.74, 6) is 0.0364. The van der Waals surface area contributed by atoms with E-state index < -0.39 is 0 Å². The minimum absolute atomic E-state index is 0.0364. The normalized spacial score (nSPS) is 18.6. The van der Waals surface area contributed by atoms with E-state index in [1.54, 1.807) is 0 Å². The van der Waals surface area contributed by atoms with Crippen molar-refractivity contribution in [1.29, 1.82) is 0 Å². The van der Waals surface area contributed by atoms with Crippen LogP contribution in [0, 0.1) is 5.82 Å². The van der Waals surface area contributed by atoms with Crippen LogP contribution in [0.25, 0.3) is 0 Å². The second-order valence-electron chi connectivity index (χ2n) is 6.05. The summed E-state index contributed by atoms with van der Waals surface area (Å²) in [6.07, 6.45) is 3.35. The zero-order valence-corrected chi connectivity index (χ0v) is 10.7. The summed E-state index contributed by atoms with van der Waals surface area (Å²) in [6, 6.07) is 5.90. The van der Waals surface area contributed by atoms with Crippen molar-refractivity contribution in [2.24, 2.45) is 0 Å². The predicted molar refractivity (Wildman–Crippen MR) is 66.3 cm³/mol. The Morgan fingerprint density at radius 2 is 1.88 bits per heavy atom. The summed E-state index contributed by atoms with van der Waals surface area (Å²) >= 11 is 0. The highest BCUT2D eigenvalue weighted by molar-refractivity contribution is 5.38. The maximum atomic E-state index is 14.5. The molecule has 0 heterocycles. The standard InChI is InChI=1S/C15H21F/c1-5-15(9-10-15)12-8-6-7-11(13(12)16)14(2,3)4/h6-8H,5,9-10H2,1-4H3. The largest absolute Gasteiger partial charge is 0.206 e. The Morgan fingerprint density at radius 3 is 2.31 bits per heavy atom. The third-order valence-electron chi connectivity index (χ3n) is 3.91. The van der Waals surface area contributed by atoms with Gasteiger partial charge in [-0.2, -0.15) is 0 Å². The topological polar surface area (TPSA) is 0 Å². The lowest BCUT2D eigenvalue weighted by atomic mass is 9.82. The van der Waals surface area contributed by atoms with Gasteiger partial charge in [0.25, 0.3) is 0 Å². The van der Waals surface area contributed by atoms with Crippen LogP contribution in [-0.2, 0) is 10.8 Å². The zero-order chi connectivity index (χ0) is 12.0. The van der Waals surface area contributed by atoms with Crippen LogP contribution in [0.4, 0.5) is 4.39 Å². The molecule has 1 saturated carbocycles. The molecule has 0 radical (unpaired) electrons. The highest BCUT2D eigenvalue weighted by Crippen LogP contribution is 2.52. The molecule has 88 valence electrons. The average Bonchev–Trinajstić information content (AvgIpc) is 2.97. The molecule has 0 aliphatic heterocycles. The van der Waals surface area contributed by atoms with Gasteiger partial charge in [0.2, 0.25) is 0 Å². The van der Waals surface area contributed by atoms with Gasteiger partial charge >= 0.3 is 0 Å². The molecular formula is C15H21F. The van der Waals surface area contributed by atoms with Crippen molar-refractivity contribution in [1.82, 2.24) is 0 Å². The van der Waals surface area contributed by atoms with Crippen LogP contribution in [0.1, 0.15) is 58.1 Å². The lowest BCUT2D eigenvalue weighted by Crippen LogP contribution is -2.17. The van der Waals surface area contributed by atoms with Gasteiger partial charge in [0.15, 0.2) is 0 Å². The van der Waals surface area contributed by atoms with E-state index in [9.17, 15) is 4.39 Å². The number of hydrogen-bond acceptors (Lipinski definition) is 0. The summed E-state index contributed by atoms with van der Waals surface area (Å²) in [5.41, 5.74) is 1.85. The minimum atomic E-state index is -0.107. The van der Waals surface area contributed by atoms with E-state index in [2.05, 4.69) is 27.7 Å². The summed E-state index contributed by atoms with van der Waals surface area (Å²) < 4.78 is 14.5. The summed E-state index contributed by atoms with van der Waals surface area (Å²) in [5, 5.41) is 0. The fraction of sp³-hybridized carbons (Fsp3) is 0.600. The molecule has 0 unspecified atom stereocenters. The van der Waals surface area contributed by atoms with Gasteiger partial charge in [0, 0.05) is 0 Å². The molecule has 0 nitrogen and oxygen atoms in total. The highest BCUT2D eigenvalue weighted by Gasteiger charge is 2.44. The Kier molecular flexibility index (Phi) is 2.60. The summed E-state index contributed by atoms with van der Waals surface area (Å²) in [7, 11) is 0. The lowest BCUT2D eigenvalue weighted by Gasteiger charge is -2.23. The Morgan fingerprint density at radius 1 is 1.25 bits per heavy atom. The van der Waals surface area contributed by atoms with Gasteiger partial charge in [0.05, 0.1) is 0 Å². The number of rotatable bonds is 2. The van der Waals surface area contributed by atoms with Gasteiger partial charge in [-0.1, -0.05) is 45.9 Å². The highest BCUT2D eigenvalue weighted by atomic mass is 19.1. The van der Waals surface area contributed by atoms with Crippen molar-refractivity contribution in [3.63, 3.8) is 0 Å². The van der Waals surface area contributed by atoms with Crippen molar-refractivity contribution in [2.45, 2.75) is 57.8 Å². The molecule has 1 heteroatoms. The molecule has 0 atom stereocenters. The molecule has 0 aromatic heterocycles. The van der Waals surface area contributed by atoms with E-state index in [0.717, 1.165) is 30.4 Å². The van der Waals surface area contributed by atoms with Crippen LogP contribution in [0.5, 0.6) is 0 Å². The van der Waals surface area contributed by atoms with Crippen molar-refractivity contribution < 1.29 is 4.39 Å². The molecule has 1 aliphatic carbocycles. The van der Waals surface area contributed by atoms with Crippen LogP contribution < -0.4 is 0 Å². The van der Waals surface area contributed by atoms with E-state index in [0.29, 0.717) is 0 Å². The van der Waals surface area contributed by atoms with Crippen molar-refractivity contribution in [2.75, 3.05) is 0 Å². The van der Waals surface area contributed by atoms with E-state index in [-0.39, 0.29) is 16.6 Å². The Labute approximate surface area is 97.9 Å². The van der Waals surface area contributed by atoms with Crippen LogP contribution in [-0.4, -0.2) is 0 Å². The molecule has 0 N–H and O–H groups in total. The maximum Gasteiger partial charge on any atom is 0.130 e. The van der Waals surface area contributed by atoms with Crippen LogP contribution in [0.15, 0.2) is 18.2 Å². The van der Waals surface area contributed by atoms with E-state index in [4.69, 9.17) is 0 Å². The molecule has 1 aliphatic rings. The average molecular weight is 220 g/mol. The van der Waals surface area contributed by atoms with Gasteiger partial charge in [0.1, 0.15) is 5.82 Å². The number of benzene rings is 1. The van der Waals surface area contributed by atoms with Gasteiger partial charge in [-0.3, -0.25) is 0 Å². The van der Waals surface area contributed by atoms with Crippen molar-refractivity contribution >= 4 is 0 Å². The first-order chi connectivity index (χ1) is 7.41. The first kappa shape index (κ1) is 11.6. The summed E-state index contributed by atoms with van der Waals surface area (Å²) in [4.78, 5) is 0. The Bertz CT molecular complexity index is 394. The van der Waals surface area contributed by atoms with Crippen molar-refractivity contribution in [3.8, 4) is 0 Å². The SMILES string of the molecule is CCC1(c2cccc(C(C)(C)C)c2F)CC1. The van der Waals surface area contributed by atoms with Crippen LogP contribution >= 0.6 is 0 Å². The monoisotopic (exact) mass is 220 g/mol. The quantitative estimate of drug-likeness (QED) is 0.685. The van der Waals surface area contributed by atoms with Gasteiger partial charge in [-0.15, -0.1) is 0 Å². The second-order valence-corrected chi connectivity index (χ2v) is 6.05. The molecule has 1 aromatic rings. The third kappa shape index (κ3) is 1.77. The first-order valence-corrected chi connectivity index (χ1v) is 6.20. The smallest absolute Gasteiger partial charge is 0.130 e. The van der Waals surface area contributed by atoms with Gasteiger partial charge < -0.3 is 0 Å². The molecule has 0 spiro atoms. The van der Waals surface area contributed by atoms with Gasteiger partial charge in [-0.05, 0) is 41.2 Å². The molecule has 1 aromatic carbocycles. The fourth-order valence-electron chi connectivity index (χ4n) is 2.49. The lowest BCUT2D eigenvalue weighted by molar-refractivity contribution is 0.498. The zero-order valence-electron chi connectivity index (χ0n) is 10.7.